The molecule has 4 rings (SSSR count). The monoisotopic (exact) mass is 411 g/mol. The van der Waals surface area contributed by atoms with Gasteiger partial charge in [-0.1, -0.05) is 77.8 Å². The molecule has 1 aliphatic heterocycles. The number of benzene rings is 3. The highest BCUT2D eigenvalue weighted by molar-refractivity contribution is 7.89. The van der Waals surface area contributed by atoms with Crippen molar-refractivity contribution in [2.75, 3.05) is 0 Å². The molecule has 0 bridgehead atoms. The lowest BCUT2D eigenvalue weighted by Crippen LogP contribution is -2.19. The molecule has 3 atom stereocenters. The van der Waals surface area contributed by atoms with E-state index in [2.05, 4.69) is 0 Å². The first-order chi connectivity index (χ1) is 13.4. The molecule has 0 N–H and O–H groups in total. The summed E-state index contributed by atoms with van der Waals surface area (Å²) < 4.78 is 27.8. The molecule has 3 unspecified atom stereocenters. The Morgan fingerprint density at radius 3 is 2.14 bits per heavy atom. The second-order valence-electron chi connectivity index (χ2n) is 6.79. The Bertz CT molecular complexity index is 1130. The number of aryl methyl sites for hydroxylation is 1. The van der Waals surface area contributed by atoms with Gasteiger partial charge in [0, 0.05) is 10.6 Å². The molecular weight excluding hydrogens is 394 g/mol. The predicted molar refractivity (Wildman–Crippen MR) is 109 cm³/mol. The quantitative estimate of drug-likeness (QED) is 0.453. The Hall–Kier alpha value is -2.47. The molecule has 6 heteroatoms. The van der Waals surface area contributed by atoms with Gasteiger partial charge in [-0.25, -0.2) is 8.42 Å². The summed E-state index contributed by atoms with van der Waals surface area (Å²) in [4.78, 5) is 13.3. The van der Waals surface area contributed by atoms with Crippen LogP contribution in [0.5, 0.6) is 0 Å². The van der Waals surface area contributed by atoms with E-state index in [0.717, 1.165) is 5.56 Å². The number of carbonyl (C=O) groups is 1. The maximum Gasteiger partial charge on any atom is 0.244 e. The number of sulfonamides is 1. The minimum Gasteiger partial charge on any atom is -0.292 e. The molecule has 0 aromatic heterocycles. The Morgan fingerprint density at radius 2 is 1.50 bits per heavy atom. The lowest BCUT2D eigenvalue weighted by molar-refractivity contribution is 0.0981. The highest BCUT2D eigenvalue weighted by Crippen LogP contribution is 2.50. The second-order valence-corrected chi connectivity index (χ2v) is 9.04. The molecule has 0 spiro atoms. The third kappa shape index (κ3) is 3.26. The van der Waals surface area contributed by atoms with Crippen molar-refractivity contribution in [1.82, 2.24) is 4.31 Å². The van der Waals surface area contributed by atoms with Crippen LogP contribution in [-0.4, -0.2) is 24.5 Å². The van der Waals surface area contributed by atoms with Crippen molar-refractivity contribution in [3.8, 4) is 0 Å². The molecule has 0 saturated carbocycles. The van der Waals surface area contributed by atoms with Crippen LogP contribution >= 0.6 is 11.6 Å². The van der Waals surface area contributed by atoms with Crippen molar-refractivity contribution in [3.05, 3.63) is 101 Å². The molecule has 28 heavy (non-hydrogen) atoms. The summed E-state index contributed by atoms with van der Waals surface area (Å²) in [6.07, 6.45) is 0. The van der Waals surface area contributed by atoms with Crippen molar-refractivity contribution in [2.45, 2.75) is 23.9 Å². The van der Waals surface area contributed by atoms with Gasteiger partial charge in [0.25, 0.3) is 0 Å². The maximum absolute atomic E-state index is 13.3. The van der Waals surface area contributed by atoms with Gasteiger partial charge in [-0.2, -0.15) is 4.31 Å². The van der Waals surface area contributed by atoms with E-state index in [-0.39, 0.29) is 10.7 Å². The van der Waals surface area contributed by atoms with Crippen molar-refractivity contribution < 1.29 is 13.2 Å². The summed E-state index contributed by atoms with van der Waals surface area (Å²) in [7, 11) is -3.84. The highest BCUT2D eigenvalue weighted by atomic mass is 35.5. The molecule has 3 aromatic carbocycles. The summed E-state index contributed by atoms with van der Waals surface area (Å²) in [6, 6.07) is 21.0. The average Bonchev–Trinajstić information content (AvgIpc) is 3.45. The number of rotatable bonds is 5. The van der Waals surface area contributed by atoms with Crippen LogP contribution in [-0.2, 0) is 10.0 Å². The van der Waals surface area contributed by atoms with E-state index >= 15 is 0 Å². The van der Waals surface area contributed by atoms with Crippen molar-refractivity contribution in [3.63, 3.8) is 0 Å². The third-order valence-electron chi connectivity index (χ3n) is 4.90. The molecule has 1 heterocycles. The molecule has 1 fully saturated rings. The first-order valence-corrected chi connectivity index (χ1v) is 10.7. The van der Waals surface area contributed by atoms with Crippen LogP contribution in [0, 0.1) is 6.92 Å². The van der Waals surface area contributed by atoms with Crippen LogP contribution in [0.1, 0.15) is 27.5 Å². The van der Waals surface area contributed by atoms with Crippen LogP contribution in [0.4, 0.5) is 0 Å². The summed E-state index contributed by atoms with van der Waals surface area (Å²) >= 11 is 6.32. The molecule has 142 valence electrons. The molecule has 0 radical (unpaired) electrons. The van der Waals surface area contributed by atoms with Gasteiger partial charge in [0.1, 0.15) is 6.04 Å². The number of hydrogen-bond donors (Lipinski definition) is 0. The van der Waals surface area contributed by atoms with E-state index in [0.29, 0.717) is 16.1 Å². The third-order valence-corrected chi connectivity index (χ3v) is 7.13. The smallest absolute Gasteiger partial charge is 0.244 e. The van der Waals surface area contributed by atoms with Gasteiger partial charge < -0.3 is 0 Å². The maximum atomic E-state index is 13.3. The lowest BCUT2D eigenvalue weighted by Gasteiger charge is -2.08. The van der Waals surface area contributed by atoms with E-state index in [1.807, 2.05) is 13.0 Å². The standard InChI is InChI=1S/C22H18ClNO3S/c1-15-11-13-17(14-12-15)28(26,27)24-20(18-9-5-6-10-19(18)23)21(24)22(25)16-7-3-2-4-8-16/h2-14,20-21H,1H3. The van der Waals surface area contributed by atoms with Crippen LogP contribution in [0.3, 0.4) is 0 Å². The largest absolute Gasteiger partial charge is 0.292 e. The number of hydrogen-bond acceptors (Lipinski definition) is 3. The molecule has 1 saturated heterocycles. The Labute approximate surface area is 169 Å². The van der Waals surface area contributed by atoms with Gasteiger partial charge in [0.15, 0.2) is 5.78 Å². The topological polar surface area (TPSA) is 54.2 Å². The minimum absolute atomic E-state index is 0.165. The van der Waals surface area contributed by atoms with Gasteiger partial charge in [-0.3, -0.25) is 4.79 Å². The number of nitrogens with zero attached hydrogens (tertiary/aromatic N) is 1. The molecule has 3 aromatic rings. The van der Waals surface area contributed by atoms with E-state index in [1.54, 1.807) is 72.8 Å². The Kier molecular flexibility index (Phi) is 4.83. The van der Waals surface area contributed by atoms with Gasteiger partial charge in [-0.15, -0.1) is 0 Å². The Balaban J connectivity index is 1.78. The van der Waals surface area contributed by atoms with E-state index in [4.69, 9.17) is 11.6 Å². The van der Waals surface area contributed by atoms with Crippen molar-refractivity contribution in [2.24, 2.45) is 0 Å². The van der Waals surface area contributed by atoms with Gasteiger partial charge in [0.2, 0.25) is 10.0 Å². The van der Waals surface area contributed by atoms with Crippen molar-refractivity contribution in [1.29, 1.82) is 0 Å². The van der Waals surface area contributed by atoms with Gasteiger partial charge in [0.05, 0.1) is 10.9 Å². The number of ketones is 1. The molecular formula is C22H18ClNO3S. The first-order valence-electron chi connectivity index (χ1n) is 8.85. The molecule has 0 amide bonds. The van der Waals surface area contributed by atoms with Gasteiger partial charge >= 0.3 is 0 Å². The fraction of sp³-hybridized carbons (Fsp3) is 0.136. The SMILES string of the molecule is Cc1ccc(S(=O)(=O)N2C(C(=O)c3ccccc3)C2c2ccccc2Cl)cc1. The summed E-state index contributed by atoms with van der Waals surface area (Å²) in [6.45, 7) is 1.89. The van der Waals surface area contributed by atoms with Crippen LogP contribution < -0.4 is 0 Å². The average molecular weight is 412 g/mol. The predicted octanol–water partition coefficient (Wildman–Crippen LogP) is 4.65. The number of Topliss-reactive ketones (excluding diaryl/α,β-unsaturated/α-hetero) is 1. The first kappa shape index (κ1) is 18.9. The number of carbonyl (C=O) groups excluding carboxylic acids is 1. The van der Waals surface area contributed by atoms with Crippen LogP contribution in [0.25, 0.3) is 0 Å². The zero-order valence-electron chi connectivity index (χ0n) is 15.1. The van der Waals surface area contributed by atoms with Crippen LogP contribution in [0.2, 0.25) is 5.02 Å². The molecule has 0 aliphatic carbocycles. The summed E-state index contributed by atoms with van der Waals surface area (Å²) in [5.74, 6) is -0.235. The summed E-state index contributed by atoms with van der Waals surface area (Å²) in [5, 5.41) is 0.444. The van der Waals surface area contributed by atoms with E-state index < -0.39 is 22.1 Å². The summed E-state index contributed by atoms with van der Waals surface area (Å²) in [5.41, 5.74) is 2.07. The van der Waals surface area contributed by atoms with Crippen LogP contribution in [0.15, 0.2) is 83.8 Å². The lowest BCUT2D eigenvalue weighted by atomic mass is 10.0. The van der Waals surface area contributed by atoms with Crippen molar-refractivity contribution >= 4 is 27.4 Å². The fourth-order valence-electron chi connectivity index (χ4n) is 3.40. The highest BCUT2D eigenvalue weighted by Gasteiger charge is 2.60. The van der Waals surface area contributed by atoms with E-state index in [1.165, 1.54) is 4.31 Å². The fourth-order valence-corrected chi connectivity index (χ4v) is 5.35. The Morgan fingerprint density at radius 1 is 0.893 bits per heavy atom. The molecule has 1 aliphatic rings. The normalized spacial score (nSPS) is 21.3. The minimum atomic E-state index is -3.84. The molecule has 4 nitrogen and oxygen atoms in total. The second kappa shape index (κ2) is 7.17. The number of halogens is 1. The van der Waals surface area contributed by atoms with E-state index in [9.17, 15) is 13.2 Å². The van der Waals surface area contributed by atoms with Gasteiger partial charge in [-0.05, 0) is 30.7 Å². The zero-order chi connectivity index (χ0) is 19.9. The zero-order valence-corrected chi connectivity index (χ0v) is 16.7.